The Morgan fingerprint density at radius 3 is 2.33 bits per heavy atom. The molecule has 70 valence electrons. The zero-order valence-electron chi connectivity index (χ0n) is 7.42. The Labute approximate surface area is 73.3 Å². The van der Waals surface area contributed by atoms with Crippen molar-refractivity contribution in [3.05, 3.63) is 0 Å². The first-order valence-electron chi connectivity index (χ1n) is 4.72. The van der Waals surface area contributed by atoms with E-state index >= 15 is 0 Å². The lowest BCUT2D eigenvalue weighted by Gasteiger charge is -2.14. The molecule has 1 aliphatic rings. The highest BCUT2D eigenvalue weighted by atomic mass is 16.5. The molecule has 0 bridgehead atoms. The summed E-state index contributed by atoms with van der Waals surface area (Å²) in [6.07, 6.45) is 7.10. The first kappa shape index (κ1) is 9.52. The second-order valence-corrected chi connectivity index (χ2v) is 3.31. The Kier molecular flexibility index (Phi) is 4.08. The molecular formula is C9H17NO2. The number of carbonyl (C=O) groups is 1. The topological polar surface area (TPSA) is 52.3 Å². The monoisotopic (exact) mass is 171 g/mol. The Morgan fingerprint density at radius 2 is 1.83 bits per heavy atom. The number of hydrogen-bond donors (Lipinski definition) is 1. The van der Waals surface area contributed by atoms with Crippen LogP contribution in [0.3, 0.4) is 0 Å². The molecule has 3 heteroatoms. The fourth-order valence-corrected chi connectivity index (χ4v) is 1.59. The third kappa shape index (κ3) is 3.22. The van der Waals surface area contributed by atoms with E-state index in [4.69, 9.17) is 10.5 Å². The van der Waals surface area contributed by atoms with E-state index in [0.717, 1.165) is 12.8 Å². The van der Waals surface area contributed by atoms with Crippen molar-refractivity contribution in [2.24, 2.45) is 5.73 Å². The number of nitrogens with two attached hydrogens (primary N) is 1. The smallest absolute Gasteiger partial charge is 0.319 e. The van der Waals surface area contributed by atoms with Crippen LogP contribution in [0.4, 0.5) is 0 Å². The van der Waals surface area contributed by atoms with E-state index in [0.29, 0.717) is 0 Å². The summed E-state index contributed by atoms with van der Waals surface area (Å²) in [7, 11) is 0. The van der Waals surface area contributed by atoms with Crippen molar-refractivity contribution >= 4 is 5.97 Å². The molecule has 0 amide bonds. The van der Waals surface area contributed by atoms with E-state index < -0.39 is 0 Å². The fraction of sp³-hybridized carbons (Fsp3) is 0.889. The number of ether oxygens (including phenoxy) is 1. The number of rotatable bonds is 2. The molecule has 12 heavy (non-hydrogen) atoms. The van der Waals surface area contributed by atoms with Crippen molar-refractivity contribution in [3.8, 4) is 0 Å². The number of carbonyl (C=O) groups excluding carboxylic acids is 1. The second kappa shape index (κ2) is 5.14. The van der Waals surface area contributed by atoms with Gasteiger partial charge in [-0.2, -0.15) is 0 Å². The lowest BCUT2D eigenvalue weighted by molar-refractivity contribution is -0.147. The normalized spacial score (nSPS) is 20.1. The largest absolute Gasteiger partial charge is 0.461 e. The fourth-order valence-electron chi connectivity index (χ4n) is 1.59. The highest BCUT2D eigenvalue weighted by Crippen LogP contribution is 2.19. The SMILES string of the molecule is NCC(=O)OC1CCCCCC1. The van der Waals surface area contributed by atoms with Gasteiger partial charge in [0.25, 0.3) is 0 Å². The van der Waals surface area contributed by atoms with Crippen LogP contribution in [-0.2, 0) is 9.53 Å². The minimum Gasteiger partial charge on any atom is -0.461 e. The summed E-state index contributed by atoms with van der Waals surface area (Å²) in [6, 6.07) is 0. The van der Waals surface area contributed by atoms with E-state index in [2.05, 4.69) is 0 Å². The Hall–Kier alpha value is -0.570. The standard InChI is InChI=1S/C9H17NO2/c10-7-9(11)12-8-5-3-1-2-4-6-8/h8H,1-7,10H2. The summed E-state index contributed by atoms with van der Waals surface area (Å²) in [4.78, 5) is 10.8. The first-order valence-corrected chi connectivity index (χ1v) is 4.72. The van der Waals surface area contributed by atoms with Crippen molar-refractivity contribution in [1.29, 1.82) is 0 Å². The molecule has 3 nitrogen and oxygen atoms in total. The molecule has 1 fully saturated rings. The van der Waals surface area contributed by atoms with Gasteiger partial charge in [0.15, 0.2) is 0 Å². The van der Waals surface area contributed by atoms with Crippen LogP contribution in [0.1, 0.15) is 38.5 Å². The quantitative estimate of drug-likeness (QED) is 0.502. The zero-order chi connectivity index (χ0) is 8.81. The van der Waals surface area contributed by atoms with E-state index in [1.165, 1.54) is 25.7 Å². The van der Waals surface area contributed by atoms with Gasteiger partial charge in [-0.15, -0.1) is 0 Å². The van der Waals surface area contributed by atoms with E-state index in [9.17, 15) is 4.79 Å². The molecule has 0 heterocycles. The Morgan fingerprint density at radius 1 is 1.25 bits per heavy atom. The molecule has 0 saturated heterocycles. The van der Waals surface area contributed by atoms with Crippen molar-refractivity contribution < 1.29 is 9.53 Å². The van der Waals surface area contributed by atoms with Crippen LogP contribution >= 0.6 is 0 Å². The van der Waals surface area contributed by atoms with Crippen LogP contribution in [0.5, 0.6) is 0 Å². The van der Waals surface area contributed by atoms with Crippen LogP contribution in [0.15, 0.2) is 0 Å². The molecule has 1 aliphatic carbocycles. The number of esters is 1. The summed E-state index contributed by atoms with van der Waals surface area (Å²) in [5, 5.41) is 0. The maximum Gasteiger partial charge on any atom is 0.319 e. The molecule has 0 unspecified atom stereocenters. The van der Waals surface area contributed by atoms with Crippen LogP contribution in [0, 0.1) is 0 Å². The molecule has 0 aromatic heterocycles. The third-order valence-corrected chi connectivity index (χ3v) is 2.27. The van der Waals surface area contributed by atoms with Crippen molar-refractivity contribution in [2.45, 2.75) is 44.6 Å². The predicted octanol–water partition coefficient (Wildman–Crippen LogP) is 1.21. The zero-order valence-corrected chi connectivity index (χ0v) is 7.42. The van der Waals surface area contributed by atoms with Crippen LogP contribution in [-0.4, -0.2) is 18.6 Å². The van der Waals surface area contributed by atoms with Gasteiger partial charge in [0, 0.05) is 0 Å². The molecule has 2 N–H and O–H groups in total. The van der Waals surface area contributed by atoms with Gasteiger partial charge in [-0.05, 0) is 25.7 Å². The van der Waals surface area contributed by atoms with E-state index in [-0.39, 0.29) is 18.6 Å². The van der Waals surface area contributed by atoms with Gasteiger partial charge in [0.05, 0.1) is 6.54 Å². The maximum absolute atomic E-state index is 10.8. The van der Waals surface area contributed by atoms with Crippen LogP contribution in [0.2, 0.25) is 0 Å². The highest BCUT2D eigenvalue weighted by Gasteiger charge is 2.15. The van der Waals surface area contributed by atoms with E-state index in [1.807, 2.05) is 0 Å². The summed E-state index contributed by atoms with van der Waals surface area (Å²) in [5.41, 5.74) is 5.15. The molecule has 0 atom stereocenters. The minimum absolute atomic E-state index is 0.0104. The molecule has 0 spiro atoms. The molecule has 0 aliphatic heterocycles. The third-order valence-electron chi connectivity index (χ3n) is 2.27. The predicted molar refractivity (Wildman–Crippen MR) is 46.6 cm³/mol. The molecule has 0 aromatic carbocycles. The van der Waals surface area contributed by atoms with Crippen LogP contribution < -0.4 is 5.73 Å². The summed E-state index contributed by atoms with van der Waals surface area (Å²) >= 11 is 0. The van der Waals surface area contributed by atoms with Gasteiger partial charge in [-0.1, -0.05) is 12.8 Å². The van der Waals surface area contributed by atoms with Crippen molar-refractivity contribution in [3.63, 3.8) is 0 Å². The van der Waals surface area contributed by atoms with Crippen molar-refractivity contribution in [2.75, 3.05) is 6.54 Å². The van der Waals surface area contributed by atoms with E-state index in [1.54, 1.807) is 0 Å². The molecule has 1 rings (SSSR count). The summed E-state index contributed by atoms with van der Waals surface area (Å²) < 4.78 is 5.16. The number of hydrogen-bond acceptors (Lipinski definition) is 3. The maximum atomic E-state index is 10.8. The van der Waals surface area contributed by atoms with Gasteiger partial charge < -0.3 is 10.5 Å². The highest BCUT2D eigenvalue weighted by molar-refractivity contribution is 5.71. The van der Waals surface area contributed by atoms with Crippen LogP contribution in [0.25, 0.3) is 0 Å². The minimum atomic E-state index is -0.262. The Bertz CT molecular complexity index is 139. The summed E-state index contributed by atoms with van der Waals surface area (Å²) in [6.45, 7) is 0.0104. The summed E-state index contributed by atoms with van der Waals surface area (Å²) in [5.74, 6) is -0.262. The second-order valence-electron chi connectivity index (χ2n) is 3.31. The lowest BCUT2D eigenvalue weighted by atomic mass is 10.1. The lowest BCUT2D eigenvalue weighted by Crippen LogP contribution is -2.23. The van der Waals surface area contributed by atoms with Crippen molar-refractivity contribution in [1.82, 2.24) is 0 Å². The molecule has 1 saturated carbocycles. The average molecular weight is 171 g/mol. The first-order chi connectivity index (χ1) is 5.83. The average Bonchev–Trinajstić information content (AvgIpc) is 2.33. The van der Waals surface area contributed by atoms with Gasteiger partial charge in [0.2, 0.25) is 0 Å². The van der Waals surface area contributed by atoms with Gasteiger partial charge >= 0.3 is 5.97 Å². The molecule has 0 aromatic rings. The van der Waals surface area contributed by atoms with Gasteiger partial charge in [0.1, 0.15) is 6.10 Å². The molecule has 0 radical (unpaired) electrons. The van der Waals surface area contributed by atoms with Gasteiger partial charge in [-0.3, -0.25) is 4.79 Å². The Balaban J connectivity index is 2.24. The molecular weight excluding hydrogens is 154 g/mol. The van der Waals surface area contributed by atoms with Gasteiger partial charge in [-0.25, -0.2) is 0 Å².